The Hall–Kier alpha value is -1.60. The number of nitrogens with zero attached hydrogens (tertiary/aromatic N) is 2. The highest BCUT2D eigenvalue weighted by Crippen LogP contribution is 2.18. The van der Waals surface area contributed by atoms with E-state index >= 15 is 0 Å². The van der Waals surface area contributed by atoms with Crippen molar-refractivity contribution >= 4 is 29.8 Å². The average Bonchev–Trinajstić information content (AvgIpc) is 2.35. The summed E-state index contributed by atoms with van der Waals surface area (Å²) in [5.74, 6) is -0.0207. The molecule has 0 spiro atoms. The first-order valence-corrected chi connectivity index (χ1v) is 5.91. The lowest BCUT2D eigenvalue weighted by molar-refractivity contribution is -0.139. The molecule has 6 nitrogen and oxygen atoms in total. The van der Waals surface area contributed by atoms with E-state index in [4.69, 9.17) is 9.94 Å². The van der Waals surface area contributed by atoms with Crippen molar-refractivity contribution in [1.82, 2.24) is 10.5 Å². The number of nitrogens with one attached hydrogen (secondary N) is 1. The van der Waals surface area contributed by atoms with Gasteiger partial charge < -0.3 is 4.74 Å². The number of carbonyl (C=O) groups excluding carboxylic acids is 1. The number of pyridine rings is 1. The number of carbonyl (C=O) groups is 1. The van der Waals surface area contributed by atoms with E-state index in [1.54, 1.807) is 30.7 Å². The van der Waals surface area contributed by atoms with E-state index in [0.717, 1.165) is 6.34 Å². The molecule has 0 radical (unpaired) electrons. The number of rotatable bonds is 6. The predicted molar refractivity (Wildman–Crippen MR) is 64.7 cm³/mol. The van der Waals surface area contributed by atoms with Gasteiger partial charge in [0.1, 0.15) is 6.34 Å². The maximum absolute atomic E-state index is 11.1. The van der Waals surface area contributed by atoms with Crippen molar-refractivity contribution in [3.63, 3.8) is 0 Å². The number of esters is 1. The van der Waals surface area contributed by atoms with E-state index in [9.17, 15) is 4.79 Å². The van der Waals surface area contributed by atoms with Crippen molar-refractivity contribution in [3.8, 4) is 0 Å². The minimum absolute atomic E-state index is 0.238. The number of aromatic nitrogens is 1. The van der Waals surface area contributed by atoms with Crippen molar-refractivity contribution in [2.45, 2.75) is 11.9 Å². The van der Waals surface area contributed by atoms with Gasteiger partial charge in [-0.1, -0.05) is 11.8 Å². The third-order valence-electron chi connectivity index (χ3n) is 1.64. The number of ether oxygens (including phenoxy) is 1. The predicted octanol–water partition coefficient (Wildman–Crippen LogP) is 1.38. The van der Waals surface area contributed by atoms with Gasteiger partial charge in [-0.05, 0) is 19.1 Å². The second kappa shape index (κ2) is 7.64. The number of hydrogen-bond acceptors (Lipinski definition) is 6. The minimum atomic E-state index is -0.258. The molecule has 0 unspecified atom stereocenters. The van der Waals surface area contributed by atoms with Gasteiger partial charge in [-0.15, -0.1) is 0 Å². The van der Waals surface area contributed by atoms with Crippen molar-refractivity contribution in [2.75, 3.05) is 12.4 Å². The van der Waals surface area contributed by atoms with Crippen LogP contribution >= 0.6 is 11.8 Å². The second-order valence-corrected chi connectivity index (χ2v) is 3.83. The lowest BCUT2D eigenvalue weighted by atomic mass is 10.4. The highest BCUT2D eigenvalue weighted by Gasteiger charge is 2.03. The number of hydroxylamine groups is 1. The highest BCUT2D eigenvalue weighted by atomic mass is 32.2. The second-order valence-electron chi connectivity index (χ2n) is 2.84. The molecule has 0 bridgehead atoms. The summed E-state index contributed by atoms with van der Waals surface area (Å²) < 4.78 is 4.79. The average molecular weight is 255 g/mol. The summed E-state index contributed by atoms with van der Waals surface area (Å²) in [7, 11) is 0. The Balaban J connectivity index is 2.45. The van der Waals surface area contributed by atoms with Crippen LogP contribution in [-0.2, 0) is 9.53 Å². The number of hydrogen-bond donors (Lipinski definition) is 2. The van der Waals surface area contributed by atoms with Crippen molar-refractivity contribution in [2.24, 2.45) is 4.99 Å². The monoisotopic (exact) mass is 255 g/mol. The first-order valence-electron chi connectivity index (χ1n) is 4.93. The van der Waals surface area contributed by atoms with Crippen LogP contribution in [-0.4, -0.2) is 34.9 Å². The summed E-state index contributed by atoms with van der Waals surface area (Å²) in [6, 6.07) is 3.47. The standard InChI is InChI=1S/C10H13N3O3S/c1-2-16-10(14)6-17-9-4-3-8(5-11-9)12-7-13-15/h3-5,7,15H,2,6H2,1H3,(H,12,13). The van der Waals surface area contributed by atoms with Crippen LogP contribution in [0.25, 0.3) is 0 Å². The van der Waals surface area contributed by atoms with Gasteiger partial charge >= 0.3 is 5.97 Å². The fourth-order valence-corrected chi connectivity index (χ4v) is 1.61. The van der Waals surface area contributed by atoms with Gasteiger partial charge in [0.25, 0.3) is 0 Å². The zero-order chi connectivity index (χ0) is 12.5. The Morgan fingerprint density at radius 3 is 3.12 bits per heavy atom. The Morgan fingerprint density at radius 2 is 2.53 bits per heavy atom. The van der Waals surface area contributed by atoms with Crippen LogP contribution < -0.4 is 5.48 Å². The summed E-state index contributed by atoms with van der Waals surface area (Å²) in [6.45, 7) is 2.15. The molecule has 0 aliphatic carbocycles. The first-order chi connectivity index (χ1) is 8.26. The zero-order valence-electron chi connectivity index (χ0n) is 9.29. The van der Waals surface area contributed by atoms with Gasteiger partial charge in [-0.25, -0.2) is 9.98 Å². The van der Waals surface area contributed by atoms with E-state index < -0.39 is 0 Å². The Morgan fingerprint density at radius 1 is 1.71 bits per heavy atom. The molecule has 2 N–H and O–H groups in total. The largest absolute Gasteiger partial charge is 0.465 e. The smallest absolute Gasteiger partial charge is 0.316 e. The maximum atomic E-state index is 11.1. The zero-order valence-corrected chi connectivity index (χ0v) is 10.1. The van der Waals surface area contributed by atoms with Crippen LogP contribution in [0.15, 0.2) is 28.3 Å². The van der Waals surface area contributed by atoms with Crippen molar-refractivity contribution in [3.05, 3.63) is 18.3 Å². The van der Waals surface area contributed by atoms with Gasteiger partial charge in [0.05, 0.1) is 29.3 Å². The van der Waals surface area contributed by atoms with Crippen LogP contribution in [0.1, 0.15) is 6.92 Å². The molecule has 0 aromatic carbocycles. The summed E-state index contributed by atoms with van der Waals surface area (Å²) in [5, 5.41) is 9.02. The number of aliphatic imine (C=N–C) groups is 1. The molecule has 17 heavy (non-hydrogen) atoms. The van der Waals surface area contributed by atoms with Crippen LogP contribution in [0.3, 0.4) is 0 Å². The van der Waals surface area contributed by atoms with E-state index in [-0.39, 0.29) is 11.7 Å². The highest BCUT2D eigenvalue weighted by molar-refractivity contribution is 7.99. The summed E-state index contributed by atoms with van der Waals surface area (Å²) in [6.07, 6.45) is 2.68. The lowest BCUT2D eigenvalue weighted by Crippen LogP contribution is -2.06. The summed E-state index contributed by atoms with van der Waals surface area (Å²) in [4.78, 5) is 19.0. The molecule has 0 fully saturated rings. The Kier molecular flexibility index (Phi) is 6.05. The quantitative estimate of drug-likeness (QED) is 0.263. The third-order valence-corrected chi connectivity index (χ3v) is 2.55. The molecule has 0 aliphatic rings. The molecule has 1 aromatic heterocycles. The summed E-state index contributed by atoms with van der Waals surface area (Å²) >= 11 is 1.30. The molecule has 1 aromatic rings. The van der Waals surface area contributed by atoms with Crippen molar-refractivity contribution in [1.29, 1.82) is 0 Å². The van der Waals surface area contributed by atoms with Crippen molar-refractivity contribution < 1.29 is 14.7 Å². The molecule has 0 aliphatic heterocycles. The SMILES string of the molecule is CCOC(=O)CSc1ccc(N=CNO)cn1. The molecule has 0 saturated heterocycles. The van der Waals surface area contributed by atoms with Gasteiger partial charge in [0.2, 0.25) is 0 Å². The molecular weight excluding hydrogens is 242 g/mol. The molecule has 0 amide bonds. The fraction of sp³-hybridized carbons (Fsp3) is 0.300. The molecule has 0 atom stereocenters. The Bertz CT molecular complexity index is 381. The lowest BCUT2D eigenvalue weighted by Gasteiger charge is -2.01. The summed E-state index contributed by atoms with van der Waals surface area (Å²) in [5.41, 5.74) is 2.40. The fourth-order valence-electron chi connectivity index (χ4n) is 0.973. The normalized spacial score (nSPS) is 10.5. The van der Waals surface area contributed by atoms with E-state index in [1.165, 1.54) is 11.8 Å². The molecule has 92 valence electrons. The minimum Gasteiger partial charge on any atom is -0.465 e. The van der Waals surface area contributed by atoms with Crippen LogP contribution in [0.2, 0.25) is 0 Å². The van der Waals surface area contributed by atoms with E-state index in [0.29, 0.717) is 17.3 Å². The maximum Gasteiger partial charge on any atom is 0.316 e. The molecular formula is C10H13N3O3S. The van der Waals surface area contributed by atoms with Gasteiger partial charge in [0, 0.05) is 0 Å². The third kappa shape index (κ3) is 5.32. The number of thioether (sulfide) groups is 1. The van der Waals surface area contributed by atoms with Gasteiger partial charge in [0.15, 0.2) is 0 Å². The molecule has 1 heterocycles. The van der Waals surface area contributed by atoms with Crippen LogP contribution in [0, 0.1) is 0 Å². The van der Waals surface area contributed by atoms with Crippen LogP contribution in [0.5, 0.6) is 0 Å². The van der Waals surface area contributed by atoms with E-state index in [1.807, 2.05) is 0 Å². The van der Waals surface area contributed by atoms with Crippen LogP contribution in [0.4, 0.5) is 5.69 Å². The first kappa shape index (κ1) is 13.5. The Labute approximate surface area is 103 Å². The van der Waals surface area contributed by atoms with E-state index in [2.05, 4.69) is 9.98 Å². The topological polar surface area (TPSA) is 83.8 Å². The molecule has 0 saturated carbocycles. The van der Waals surface area contributed by atoms with Gasteiger partial charge in [-0.2, -0.15) is 0 Å². The molecule has 7 heteroatoms. The molecule has 1 rings (SSSR count). The van der Waals surface area contributed by atoms with Gasteiger partial charge in [-0.3, -0.25) is 15.5 Å².